The molecule has 0 saturated heterocycles. The van der Waals surface area contributed by atoms with Gasteiger partial charge in [0.1, 0.15) is 6.23 Å². The van der Waals surface area contributed by atoms with Gasteiger partial charge in [-0.25, -0.2) is 0 Å². The molecule has 0 bridgehead atoms. The van der Waals surface area contributed by atoms with E-state index in [9.17, 15) is 9.90 Å². The predicted molar refractivity (Wildman–Crippen MR) is 61.1 cm³/mol. The molecule has 0 aliphatic rings. The first kappa shape index (κ1) is 14.4. The van der Waals surface area contributed by atoms with Crippen LogP contribution in [-0.4, -0.2) is 23.3 Å². The zero-order valence-corrected chi connectivity index (χ0v) is 9.99. The van der Waals surface area contributed by atoms with Crippen molar-refractivity contribution in [3.63, 3.8) is 0 Å². The van der Waals surface area contributed by atoms with Gasteiger partial charge in [0.2, 0.25) is 5.91 Å². The van der Waals surface area contributed by atoms with Gasteiger partial charge in [-0.2, -0.15) is 0 Å². The van der Waals surface area contributed by atoms with Gasteiger partial charge in [0, 0.05) is 0 Å². The van der Waals surface area contributed by atoms with Crippen molar-refractivity contribution in [1.29, 1.82) is 0 Å². The van der Waals surface area contributed by atoms with Crippen molar-refractivity contribution in [3.8, 4) is 0 Å². The van der Waals surface area contributed by atoms with Crippen LogP contribution in [0, 0.1) is 5.92 Å². The van der Waals surface area contributed by atoms with Gasteiger partial charge >= 0.3 is 0 Å². The molecule has 0 aliphatic carbocycles. The van der Waals surface area contributed by atoms with E-state index < -0.39 is 12.3 Å². The number of amides is 1. The summed E-state index contributed by atoms with van der Waals surface area (Å²) in [5, 5.41) is 12.5. The second kappa shape index (κ2) is 7.65. The molecule has 1 unspecified atom stereocenters. The van der Waals surface area contributed by atoms with Crippen molar-refractivity contribution in [1.82, 2.24) is 5.32 Å². The summed E-state index contributed by atoms with van der Waals surface area (Å²) in [6.45, 7) is 6.19. The Labute approximate surface area is 92.2 Å². The average Bonchev–Trinajstić information content (AvgIpc) is 2.14. The molecule has 0 aromatic heterocycles. The number of aliphatic hydroxyl groups excluding tert-OH is 1. The number of hydrogen-bond donors (Lipinski definition) is 3. The fraction of sp³-hybridized carbons (Fsp3) is 0.909. The maximum Gasteiger partial charge on any atom is 0.234 e. The van der Waals surface area contributed by atoms with E-state index in [4.69, 9.17) is 5.73 Å². The van der Waals surface area contributed by atoms with Gasteiger partial charge in [0.05, 0.1) is 6.04 Å². The lowest BCUT2D eigenvalue weighted by Gasteiger charge is -2.20. The third kappa shape index (κ3) is 7.33. The molecule has 4 N–H and O–H groups in total. The van der Waals surface area contributed by atoms with E-state index in [1.165, 1.54) is 0 Å². The Hall–Kier alpha value is -0.610. The molecule has 0 heterocycles. The number of nitrogens with two attached hydrogens (primary N) is 1. The molecule has 90 valence electrons. The molecular formula is C11H24N2O2. The second-order valence-corrected chi connectivity index (χ2v) is 4.40. The molecule has 0 fully saturated rings. The van der Waals surface area contributed by atoms with Crippen LogP contribution in [0.25, 0.3) is 0 Å². The van der Waals surface area contributed by atoms with E-state index in [0.717, 1.165) is 12.8 Å². The minimum atomic E-state index is -0.628. The molecule has 4 nitrogen and oxygen atoms in total. The third-order valence-electron chi connectivity index (χ3n) is 2.33. The number of primary amides is 1. The van der Waals surface area contributed by atoms with Crippen LogP contribution >= 0.6 is 0 Å². The van der Waals surface area contributed by atoms with Gasteiger partial charge in [-0.15, -0.1) is 0 Å². The maximum absolute atomic E-state index is 11.0. The van der Waals surface area contributed by atoms with Crippen LogP contribution < -0.4 is 11.1 Å². The van der Waals surface area contributed by atoms with Crippen LogP contribution in [0.3, 0.4) is 0 Å². The Bertz CT molecular complexity index is 183. The first-order chi connectivity index (χ1) is 6.97. The Morgan fingerprint density at radius 1 is 1.33 bits per heavy atom. The molecule has 0 aromatic carbocycles. The number of rotatable bonds is 8. The number of carbonyl (C=O) groups excluding carboxylic acids is 1. The summed E-state index contributed by atoms with van der Waals surface area (Å²) in [5.74, 6) is 0.167. The fourth-order valence-electron chi connectivity index (χ4n) is 1.40. The van der Waals surface area contributed by atoms with Gasteiger partial charge in [0.15, 0.2) is 0 Å². The van der Waals surface area contributed by atoms with Crippen molar-refractivity contribution in [2.75, 3.05) is 0 Å². The summed E-state index contributed by atoms with van der Waals surface area (Å²) in [7, 11) is 0. The van der Waals surface area contributed by atoms with Gasteiger partial charge in [-0.05, 0) is 25.2 Å². The smallest absolute Gasteiger partial charge is 0.234 e. The second-order valence-electron chi connectivity index (χ2n) is 4.40. The topological polar surface area (TPSA) is 75.3 Å². The zero-order valence-electron chi connectivity index (χ0n) is 9.99. The zero-order chi connectivity index (χ0) is 11.8. The Morgan fingerprint density at radius 2 is 1.93 bits per heavy atom. The first-order valence-electron chi connectivity index (χ1n) is 5.70. The summed E-state index contributed by atoms with van der Waals surface area (Å²) >= 11 is 0. The van der Waals surface area contributed by atoms with Crippen LogP contribution in [0.15, 0.2) is 0 Å². The SMILES string of the molecule is CCCC(N[C@@H](O)CCC(C)C)C(N)=O. The normalized spacial score (nSPS) is 15.3. The van der Waals surface area contributed by atoms with Crippen molar-refractivity contribution >= 4 is 5.91 Å². The van der Waals surface area contributed by atoms with E-state index in [0.29, 0.717) is 18.8 Å². The first-order valence-corrected chi connectivity index (χ1v) is 5.70. The summed E-state index contributed by atoms with van der Waals surface area (Å²) < 4.78 is 0. The van der Waals surface area contributed by atoms with E-state index >= 15 is 0 Å². The highest BCUT2D eigenvalue weighted by molar-refractivity contribution is 5.79. The Kier molecular flexibility index (Phi) is 7.34. The van der Waals surface area contributed by atoms with Crippen LogP contribution in [-0.2, 0) is 4.79 Å². The van der Waals surface area contributed by atoms with E-state index in [2.05, 4.69) is 19.2 Å². The molecule has 0 rings (SSSR count). The molecule has 4 heteroatoms. The minimum absolute atomic E-state index is 0.388. The molecule has 0 radical (unpaired) electrons. The predicted octanol–water partition coefficient (Wildman–Crippen LogP) is 0.985. The average molecular weight is 216 g/mol. The number of nitrogens with one attached hydrogen (secondary N) is 1. The minimum Gasteiger partial charge on any atom is -0.379 e. The van der Waals surface area contributed by atoms with Crippen LogP contribution in [0.1, 0.15) is 46.5 Å². The largest absolute Gasteiger partial charge is 0.379 e. The van der Waals surface area contributed by atoms with Crippen LogP contribution in [0.5, 0.6) is 0 Å². The van der Waals surface area contributed by atoms with Gasteiger partial charge in [-0.3, -0.25) is 10.1 Å². The lowest BCUT2D eigenvalue weighted by molar-refractivity contribution is -0.121. The van der Waals surface area contributed by atoms with Gasteiger partial charge in [-0.1, -0.05) is 27.2 Å². The highest BCUT2D eigenvalue weighted by Gasteiger charge is 2.17. The fourth-order valence-corrected chi connectivity index (χ4v) is 1.40. The lowest BCUT2D eigenvalue weighted by atomic mass is 10.1. The number of aliphatic hydroxyl groups is 1. The molecule has 0 aliphatic heterocycles. The van der Waals surface area contributed by atoms with Crippen molar-refractivity contribution in [2.24, 2.45) is 11.7 Å². The quantitative estimate of drug-likeness (QED) is 0.529. The molecular weight excluding hydrogens is 192 g/mol. The van der Waals surface area contributed by atoms with Crippen molar-refractivity contribution < 1.29 is 9.90 Å². The van der Waals surface area contributed by atoms with Crippen LogP contribution in [0.2, 0.25) is 0 Å². The summed E-state index contributed by atoms with van der Waals surface area (Å²) in [6, 6.07) is -0.405. The van der Waals surface area contributed by atoms with Gasteiger partial charge < -0.3 is 10.8 Å². The molecule has 0 aromatic rings. The Morgan fingerprint density at radius 3 is 2.33 bits per heavy atom. The third-order valence-corrected chi connectivity index (χ3v) is 2.33. The highest BCUT2D eigenvalue weighted by Crippen LogP contribution is 2.06. The standard InChI is InChI=1S/C11H24N2O2/c1-4-5-9(11(12)15)13-10(14)7-6-8(2)3/h8-10,13-14H,4-7H2,1-3H3,(H2,12,15)/t9?,10-/m0/s1. The Balaban J connectivity index is 3.88. The molecule has 15 heavy (non-hydrogen) atoms. The lowest BCUT2D eigenvalue weighted by Crippen LogP contribution is -2.46. The summed E-state index contributed by atoms with van der Waals surface area (Å²) in [6.07, 6.45) is 2.51. The van der Waals surface area contributed by atoms with E-state index in [1.54, 1.807) is 0 Å². The van der Waals surface area contributed by atoms with E-state index in [1.807, 2.05) is 6.92 Å². The monoisotopic (exact) mass is 216 g/mol. The maximum atomic E-state index is 11.0. The van der Waals surface area contributed by atoms with Crippen molar-refractivity contribution in [2.45, 2.75) is 58.7 Å². The highest BCUT2D eigenvalue weighted by atomic mass is 16.3. The molecule has 2 atom stereocenters. The summed E-state index contributed by atoms with van der Waals surface area (Å²) in [4.78, 5) is 11.0. The van der Waals surface area contributed by atoms with Crippen LogP contribution in [0.4, 0.5) is 0 Å². The number of hydrogen-bond acceptors (Lipinski definition) is 3. The van der Waals surface area contributed by atoms with Crippen molar-refractivity contribution in [3.05, 3.63) is 0 Å². The molecule has 0 saturated carbocycles. The molecule has 1 amide bonds. The van der Waals surface area contributed by atoms with Gasteiger partial charge in [0.25, 0.3) is 0 Å². The summed E-state index contributed by atoms with van der Waals surface area (Å²) in [5.41, 5.74) is 5.21. The number of carbonyl (C=O) groups is 1. The molecule has 0 spiro atoms. The van der Waals surface area contributed by atoms with E-state index in [-0.39, 0.29) is 5.91 Å².